The summed E-state index contributed by atoms with van der Waals surface area (Å²) in [5.41, 5.74) is 3.12. The summed E-state index contributed by atoms with van der Waals surface area (Å²) in [6.45, 7) is 9.02. The maximum Gasteiger partial charge on any atom is 0.348 e. The maximum absolute atomic E-state index is 11.6. The van der Waals surface area contributed by atoms with Gasteiger partial charge < -0.3 is 4.74 Å². The molecule has 0 aromatic carbocycles. The summed E-state index contributed by atoms with van der Waals surface area (Å²) in [6.07, 6.45) is 7.76. The number of carbonyl (C=O) groups excluding carboxylic acids is 1. The van der Waals surface area contributed by atoms with Crippen molar-refractivity contribution in [1.82, 2.24) is 0 Å². The third-order valence-electron chi connectivity index (χ3n) is 4.15. The van der Waals surface area contributed by atoms with E-state index in [2.05, 4.69) is 38.7 Å². The van der Waals surface area contributed by atoms with Crippen LogP contribution in [0.4, 0.5) is 0 Å². The van der Waals surface area contributed by atoms with Crippen LogP contribution in [0.15, 0.2) is 35.4 Å². The number of thiophene rings is 1. The molecule has 0 amide bonds. The fraction of sp³-hybridized carbons (Fsp3) is 0.450. The van der Waals surface area contributed by atoms with Gasteiger partial charge in [-0.1, -0.05) is 37.3 Å². The minimum atomic E-state index is -0.272. The Labute approximate surface area is 143 Å². The Morgan fingerprint density at radius 2 is 2.22 bits per heavy atom. The second kappa shape index (κ2) is 7.66. The van der Waals surface area contributed by atoms with Gasteiger partial charge in [0, 0.05) is 0 Å². The summed E-state index contributed by atoms with van der Waals surface area (Å²) in [6, 6.07) is 3.64. The van der Waals surface area contributed by atoms with Gasteiger partial charge in [0.25, 0.3) is 0 Å². The molecule has 1 aromatic rings. The Hall–Kier alpha value is -1.79. The number of hydrogen-bond donors (Lipinski definition) is 0. The smallest absolute Gasteiger partial charge is 0.348 e. The predicted octanol–water partition coefficient (Wildman–Crippen LogP) is 5.36. The molecule has 0 N–H and O–H groups in total. The highest BCUT2D eigenvalue weighted by atomic mass is 32.1. The molecule has 0 saturated carbocycles. The van der Waals surface area contributed by atoms with Crippen LogP contribution in [-0.2, 0) is 4.74 Å². The molecule has 1 heterocycles. The number of ether oxygens (including phenoxy) is 1. The molecule has 122 valence electrons. The van der Waals surface area contributed by atoms with Crippen LogP contribution in [0, 0.1) is 17.3 Å². The zero-order valence-corrected chi connectivity index (χ0v) is 15.2. The largest absolute Gasteiger partial charge is 0.462 e. The third kappa shape index (κ3) is 4.59. The first kappa shape index (κ1) is 17.6. The van der Waals surface area contributed by atoms with E-state index < -0.39 is 0 Å². The Morgan fingerprint density at radius 3 is 2.91 bits per heavy atom. The van der Waals surface area contributed by atoms with Crippen molar-refractivity contribution in [2.75, 3.05) is 6.61 Å². The Bertz CT molecular complexity index is 693. The Morgan fingerprint density at radius 1 is 1.43 bits per heavy atom. The van der Waals surface area contributed by atoms with Gasteiger partial charge in [-0.15, -0.1) is 11.3 Å². The van der Waals surface area contributed by atoms with Crippen LogP contribution in [0.3, 0.4) is 0 Å². The van der Waals surface area contributed by atoms with E-state index >= 15 is 0 Å². The van der Waals surface area contributed by atoms with E-state index in [0.717, 1.165) is 4.88 Å². The van der Waals surface area contributed by atoms with Crippen LogP contribution < -0.4 is 0 Å². The molecule has 0 radical (unpaired) electrons. The standard InChI is InChI=1S/C20H24O2S/c1-5-22-19(21)18-13-12-16(23-18)10-6-7-11-17-15(2)9-8-14-20(17,3)4/h7,11-13H,5,8-9,14H2,1-4H3. The molecule has 3 heteroatoms. The molecule has 0 spiro atoms. The van der Waals surface area contributed by atoms with Gasteiger partial charge >= 0.3 is 5.97 Å². The third-order valence-corrected chi connectivity index (χ3v) is 5.13. The fourth-order valence-corrected chi connectivity index (χ4v) is 3.73. The van der Waals surface area contributed by atoms with E-state index in [1.54, 1.807) is 13.0 Å². The highest BCUT2D eigenvalue weighted by Crippen LogP contribution is 2.40. The Balaban J connectivity index is 2.07. The normalized spacial score (nSPS) is 17.0. The number of carbonyl (C=O) groups is 1. The van der Waals surface area contributed by atoms with Crippen molar-refractivity contribution in [1.29, 1.82) is 0 Å². The first-order valence-electron chi connectivity index (χ1n) is 8.09. The molecule has 2 nitrogen and oxygen atoms in total. The van der Waals surface area contributed by atoms with Crippen molar-refractivity contribution in [3.8, 4) is 11.8 Å². The predicted molar refractivity (Wildman–Crippen MR) is 96.6 cm³/mol. The van der Waals surface area contributed by atoms with Crippen molar-refractivity contribution in [2.45, 2.75) is 47.0 Å². The monoisotopic (exact) mass is 328 g/mol. The summed E-state index contributed by atoms with van der Waals surface area (Å²) in [4.78, 5) is 13.1. The first-order chi connectivity index (χ1) is 10.9. The first-order valence-corrected chi connectivity index (χ1v) is 8.91. The SMILES string of the molecule is CCOC(=O)c1ccc(C#CC=CC2=C(C)CCCC2(C)C)s1. The van der Waals surface area contributed by atoms with E-state index in [-0.39, 0.29) is 11.4 Å². The molecule has 2 rings (SSSR count). The summed E-state index contributed by atoms with van der Waals surface area (Å²) in [5.74, 6) is 5.91. The van der Waals surface area contributed by atoms with Crippen molar-refractivity contribution >= 4 is 17.3 Å². The number of esters is 1. The summed E-state index contributed by atoms with van der Waals surface area (Å²) < 4.78 is 4.98. The van der Waals surface area contributed by atoms with Crippen LogP contribution in [-0.4, -0.2) is 12.6 Å². The van der Waals surface area contributed by atoms with Crippen molar-refractivity contribution in [2.24, 2.45) is 5.41 Å². The molecule has 1 aliphatic rings. The molecule has 23 heavy (non-hydrogen) atoms. The van der Waals surface area contributed by atoms with Gasteiger partial charge in [-0.3, -0.25) is 0 Å². The molecule has 0 bridgehead atoms. The number of hydrogen-bond acceptors (Lipinski definition) is 3. The Kier molecular flexibility index (Phi) is 5.85. The van der Waals surface area contributed by atoms with Gasteiger partial charge in [0.15, 0.2) is 0 Å². The van der Waals surface area contributed by atoms with E-state index in [0.29, 0.717) is 11.5 Å². The second-order valence-electron chi connectivity index (χ2n) is 6.42. The van der Waals surface area contributed by atoms with Gasteiger partial charge in [-0.05, 0) is 62.3 Å². The minimum absolute atomic E-state index is 0.237. The summed E-state index contributed by atoms with van der Waals surface area (Å²) in [7, 11) is 0. The lowest BCUT2D eigenvalue weighted by atomic mass is 9.73. The molecule has 1 aliphatic carbocycles. The van der Waals surface area contributed by atoms with Crippen LogP contribution in [0.25, 0.3) is 0 Å². The molecule has 0 saturated heterocycles. The van der Waals surface area contributed by atoms with Gasteiger partial charge in [0.05, 0.1) is 11.5 Å². The van der Waals surface area contributed by atoms with Crippen molar-refractivity contribution in [3.63, 3.8) is 0 Å². The lowest BCUT2D eigenvalue weighted by Gasteiger charge is -2.32. The maximum atomic E-state index is 11.6. The minimum Gasteiger partial charge on any atom is -0.462 e. The average molecular weight is 328 g/mol. The highest BCUT2D eigenvalue weighted by molar-refractivity contribution is 7.14. The van der Waals surface area contributed by atoms with E-state index in [1.807, 2.05) is 12.1 Å². The highest BCUT2D eigenvalue weighted by Gasteiger charge is 2.26. The molecular weight excluding hydrogens is 304 g/mol. The molecule has 1 aromatic heterocycles. The van der Waals surface area contributed by atoms with Crippen molar-refractivity contribution < 1.29 is 9.53 Å². The van der Waals surface area contributed by atoms with E-state index in [9.17, 15) is 4.79 Å². The van der Waals surface area contributed by atoms with Crippen LogP contribution in [0.1, 0.15) is 61.5 Å². The zero-order chi connectivity index (χ0) is 16.9. The molecule has 0 aliphatic heterocycles. The van der Waals surface area contributed by atoms with Crippen LogP contribution in [0.2, 0.25) is 0 Å². The van der Waals surface area contributed by atoms with Gasteiger partial charge in [-0.2, -0.15) is 0 Å². The van der Waals surface area contributed by atoms with Crippen molar-refractivity contribution in [3.05, 3.63) is 45.2 Å². The zero-order valence-electron chi connectivity index (χ0n) is 14.4. The molecule has 0 fully saturated rings. The molecule has 0 unspecified atom stereocenters. The average Bonchev–Trinajstić information content (AvgIpc) is 2.94. The summed E-state index contributed by atoms with van der Waals surface area (Å²) in [5, 5.41) is 0. The van der Waals surface area contributed by atoms with Gasteiger partial charge in [0.2, 0.25) is 0 Å². The lowest BCUT2D eigenvalue weighted by molar-refractivity contribution is 0.0532. The number of allylic oxidation sites excluding steroid dienone is 4. The van der Waals surface area contributed by atoms with Crippen LogP contribution >= 0.6 is 11.3 Å². The molecule has 0 atom stereocenters. The van der Waals surface area contributed by atoms with Gasteiger partial charge in [-0.25, -0.2) is 4.79 Å². The topological polar surface area (TPSA) is 26.3 Å². The van der Waals surface area contributed by atoms with E-state index in [1.165, 1.54) is 41.7 Å². The summed E-state index contributed by atoms with van der Waals surface area (Å²) >= 11 is 1.37. The quantitative estimate of drug-likeness (QED) is 0.551. The molecular formula is C20H24O2S. The lowest BCUT2D eigenvalue weighted by Crippen LogP contribution is -2.18. The van der Waals surface area contributed by atoms with Crippen LogP contribution in [0.5, 0.6) is 0 Å². The number of rotatable bonds is 3. The second-order valence-corrected chi connectivity index (χ2v) is 7.50. The van der Waals surface area contributed by atoms with E-state index in [4.69, 9.17) is 4.74 Å². The van der Waals surface area contributed by atoms with Gasteiger partial charge in [0.1, 0.15) is 4.88 Å². The fourth-order valence-electron chi connectivity index (χ4n) is 2.97.